The largest absolute Gasteiger partial charge is 0.483 e. The van der Waals surface area contributed by atoms with Crippen LogP contribution in [0.3, 0.4) is 0 Å². The predicted octanol–water partition coefficient (Wildman–Crippen LogP) is 1.86. The maximum Gasteiger partial charge on any atom is 0.285 e. The van der Waals surface area contributed by atoms with Crippen molar-refractivity contribution < 1.29 is 14.4 Å². The second-order valence-corrected chi connectivity index (χ2v) is 5.29. The van der Waals surface area contributed by atoms with Crippen molar-refractivity contribution in [2.75, 3.05) is 6.61 Å². The molecule has 5 heteroatoms. The van der Waals surface area contributed by atoms with E-state index in [1.165, 1.54) is 0 Å². The summed E-state index contributed by atoms with van der Waals surface area (Å²) in [6.07, 6.45) is 5.71. The summed E-state index contributed by atoms with van der Waals surface area (Å²) in [5.74, 6) is 1.78. The first-order valence-electron chi connectivity index (χ1n) is 6.47. The highest BCUT2D eigenvalue weighted by molar-refractivity contribution is 6.30. The average molecular weight is 292 g/mol. The van der Waals surface area contributed by atoms with Gasteiger partial charge in [-0.2, -0.15) is 0 Å². The highest BCUT2D eigenvalue weighted by Crippen LogP contribution is 2.25. The molecule has 0 fully saturated rings. The zero-order valence-electron chi connectivity index (χ0n) is 11.2. The number of aliphatic hydroxyl groups is 1. The first-order chi connectivity index (χ1) is 9.67. The lowest BCUT2D eigenvalue weighted by atomic mass is 10.2. The molecule has 1 aromatic heterocycles. The van der Waals surface area contributed by atoms with Crippen molar-refractivity contribution >= 4 is 23.4 Å². The monoisotopic (exact) mass is 291 g/mol. The summed E-state index contributed by atoms with van der Waals surface area (Å²) in [4.78, 5) is 0. The van der Waals surface area contributed by atoms with E-state index in [9.17, 15) is 5.11 Å². The number of ether oxygens (including phenoxy) is 1. The van der Waals surface area contributed by atoms with Gasteiger partial charge in [0.05, 0.1) is 19.7 Å². The van der Waals surface area contributed by atoms with Gasteiger partial charge in [0, 0.05) is 10.6 Å². The van der Waals surface area contributed by atoms with E-state index in [4.69, 9.17) is 16.3 Å². The molecular weight excluding hydrogens is 276 g/mol. The number of benzene rings is 1. The van der Waals surface area contributed by atoms with Crippen LogP contribution in [0.25, 0.3) is 11.8 Å². The summed E-state index contributed by atoms with van der Waals surface area (Å²) >= 11 is 5.92. The van der Waals surface area contributed by atoms with Gasteiger partial charge in [0.2, 0.25) is 0 Å². The van der Waals surface area contributed by atoms with Crippen LogP contribution in [-0.4, -0.2) is 22.4 Å². The van der Waals surface area contributed by atoms with Crippen LogP contribution in [0.4, 0.5) is 0 Å². The molecule has 0 bridgehead atoms. The molecule has 1 aliphatic rings. The van der Waals surface area contributed by atoms with Crippen molar-refractivity contribution in [2.45, 2.75) is 12.6 Å². The van der Waals surface area contributed by atoms with Crippen molar-refractivity contribution in [3.8, 4) is 0 Å². The summed E-state index contributed by atoms with van der Waals surface area (Å²) in [5.41, 5.74) is 0.947. The number of imidazole rings is 1. The minimum absolute atomic E-state index is 0.0216. The molecule has 1 N–H and O–H groups in total. The van der Waals surface area contributed by atoms with E-state index >= 15 is 0 Å². The van der Waals surface area contributed by atoms with E-state index in [2.05, 4.69) is 4.57 Å². The van der Waals surface area contributed by atoms with Gasteiger partial charge in [-0.05, 0) is 24.3 Å². The minimum atomic E-state index is -0.259. The highest BCUT2D eigenvalue weighted by atomic mass is 35.5. The fourth-order valence-corrected chi connectivity index (χ4v) is 2.45. The third-order valence-corrected chi connectivity index (χ3v) is 3.66. The summed E-state index contributed by atoms with van der Waals surface area (Å²) < 4.78 is 10.0. The molecule has 20 heavy (non-hydrogen) atoms. The van der Waals surface area contributed by atoms with Crippen LogP contribution in [0.15, 0.2) is 36.7 Å². The van der Waals surface area contributed by atoms with E-state index in [0.717, 1.165) is 17.1 Å². The van der Waals surface area contributed by atoms with Crippen LogP contribution in [0.1, 0.15) is 11.4 Å². The second kappa shape index (κ2) is 5.31. The van der Waals surface area contributed by atoms with Crippen molar-refractivity contribution in [2.24, 2.45) is 7.05 Å². The summed E-state index contributed by atoms with van der Waals surface area (Å²) in [6, 6.07) is 7.50. The molecule has 0 saturated heterocycles. The van der Waals surface area contributed by atoms with E-state index in [1.54, 1.807) is 0 Å². The molecule has 1 unspecified atom stereocenters. The fraction of sp³-hybridized carbons (Fsp3) is 0.267. The van der Waals surface area contributed by atoms with Gasteiger partial charge in [0.15, 0.2) is 6.10 Å². The van der Waals surface area contributed by atoms with Crippen molar-refractivity contribution in [1.29, 1.82) is 0 Å². The predicted molar refractivity (Wildman–Crippen MR) is 76.9 cm³/mol. The third-order valence-electron chi connectivity index (χ3n) is 3.41. The molecule has 3 rings (SSSR count). The Morgan fingerprint density at radius 1 is 1.40 bits per heavy atom. The molecule has 1 aliphatic heterocycles. The number of aliphatic hydroxyl groups excluding tert-OH is 1. The third kappa shape index (κ3) is 2.44. The highest BCUT2D eigenvalue weighted by Gasteiger charge is 2.25. The number of hydrogen-bond acceptors (Lipinski definition) is 2. The van der Waals surface area contributed by atoms with Crippen LogP contribution in [0.2, 0.25) is 5.02 Å². The van der Waals surface area contributed by atoms with Crippen molar-refractivity contribution in [3.05, 3.63) is 53.1 Å². The Kier molecular flexibility index (Phi) is 3.51. The van der Waals surface area contributed by atoms with E-state index in [0.29, 0.717) is 11.6 Å². The summed E-state index contributed by atoms with van der Waals surface area (Å²) in [7, 11) is 1.99. The number of hydrogen-bond donors (Lipinski definition) is 1. The fourth-order valence-electron chi connectivity index (χ4n) is 2.32. The molecule has 0 radical (unpaired) electrons. The first-order valence-corrected chi connectivity index (χ1v) is 6.85. The smallest absolute Gasteiger partial charge is 0.285 e. The molecule has 4 nitrogen and oxygen atoms in total. The Bertz CT molecular complexity index is 646. The van der Waals surface area contributed by atoms with Crippen molar-refractivity contribution in [1.82, 2.24) is 4.57 Å². The maximum absolute atomic E-state index is 9.46. The van der Waals surface area contributed by atoms with Gasteiger partial charge in [0.25, 0.3) is 5.82 Å². The molecule has 1 aromatic carbocycles. The maximum atomic E-state index is 9.46. The number of aryl methyl sites for hydroxylation is 1. The lowest BCUT2D eigenvalue weighted by Gasteiger charge is -2.15. The van der Waals surface area contributed by atoms with Gasteiger partial charge >= 0.3 is 0 Å². The quantitative estimate of drug-likeness (QED) is 0.858. The number of fused-ring (bicyclic) bond motifs is 1. The molecular formula is C15H16ClN2O2+. The molecule has 2 heterocycles. The van der Waals surface area contributed by atoms with Crippen LogP contribution >= 0.6 is 11.6 Å². The lowest BCUT2D eigenvalue weighted by Crippen LogP contribution is -2.30. The zero-order chi connectivity index (χ0) is 14.1. The standard InChI is InChI=1S/C15H16ClN2O2/c1-17-6-7-18-9-13(10-19)20-14(8-15(17)18)11-2-4-12(16)5-3-11/h2-8,13,19H,9-10H2,1H3/q+1. The van der Waals surface area contributed by atoms with E-state index in [-0.39, 0.29) is 12.7 Å². The van der Waals surface area contributed by atoms with Crippen LogP contribution in [-0.2, 0) is 18.3 Å². The lowest BCUT2D eigenvalue weighted by molar-refractivity contribution is -0.672. The second-order valence-electron chi connectivity index (χ2n) is 4.86. The Hall–Kier alpha value is -1.78. The van der Waals surface area contributed by atoms with Gasteiger partial charge in [-0.3, -0.25) is 0 Å². The first kappa shape index (κ1) is 13.2. The molecule has 104 valence electrons. The van der Waals surface area contributed by atoms with Gasteiger partial charge in [-0.25, -0.2) is 9.13 Å². The van der Waals surface area contributed by atoms with Gasteiger partial charge in [-0.15, -0.1) is 0 Å². The summed E-state index contributed by atoms with van der Waals surface area (Å²) in [5, 5.41) is 10.2. The summed E-state index contributed by atoms with van der Waals surface area (Å²) in [6.45, 7) is 0.604. The number of rotatable bonds is 2. The molecule has 1 atom stereocenters. The van der Waals surface area contributed by atoms with Gasteiger partial charge in [0.1, 0.15) is 24.7 Å². The van der Waals surface area contributed by atoms with E-state index in [1.807, 2.05) is 54.3 Å². The topological polar surface area (TPSA) is 38.3 Å². The van der Waals surface area contributed by atoms with Crippen LogP contribution < -0.4 is 4.57 Å². The van der Waals surface area contributed by atoms with Crippen LogP contribution in [0.5, 0.6) is 0 Å². The normalized spacial score (nSPS) is 17.9. The van der Waals surface area contributed by atoms with Gasteiger partial charge < -0.3 is 9.84 Å². The number of halogens is 1. The average Bonchev–Trinajstić information content (AvgIpc) is 2.70. The molecule has 0 amide bonds. The Morgan fingerprint density at radius 2 is 2.15 bits per heavy atom. The molecule has 0 spiro atoms. The molecule has 0 saturated carbocycles. The van der Waals surface area contributed by atoms with Crippen LogP contribution in [0, 0.1) is 0 Å². The number of nitrogens with zero attached hydrogens (tertiary/aromatic N) is 2. The molecule has 2 aromatic rings. The Balaban J connectivity index is 2.06. The Labute approximate surface area is 122 Å². The minimum Gasteiger partial charge on any atom is -0.483 e. The van der Waals surface area contributed by atoms with E-state index < -0.39 is 0 Å². The molecule has 0 aliphatic carbocycles. The van der Waals surface area contributed by atoms with Gasteiger partial charge in [-0.1, -0.05) is 11.6 Å². The number of aromatic nitrogens is 2. The van der Waals surface area contributed by atoms with Crippen molar-refractivity contribution in [3.63, 3.8) is 0 Å². The zero-order valence-corrected chi connectivity index (χ0v) is 11.9. The Morgan fingerprint density at radius 3 is 2.85 bits per heavy atom. The SMILES string of the molecule is C[n+]1ccn2c1C=C(c1ccc(Cl)cc1)OC(CO)C2.